The molecule has 0 N–H and O–H groups in total. The molecule has 0 spiro atoms. The minimum Gasteiger partial charge on any atom is -0.334 e. The second-order valence-corrected chi connectivity index (χ2v) is 3.03. The van der Waals surface area contributed by atoms with Gasteiger partial charge in [0.1, 0.15) is 6.54 Å². The fourth-order valence-electron chi connectivity index (χ4n) is 1.33. The van der Waals surface area contributed by atoms with Gasteiger partial charge in [0.05, 0.1) is 0 Å². The summed E-state index contributed by atoms with van der Waals surface area (Å²) in [7, 11) is 0. The Kier molecular flexibility index (Phi) is 2.45. The molecule has 5 heteroatoms. The first kappa shape index (κ1) is 8.75. The highest BCUT2D eigenvalue weighted by Crippen LogP contribution is 2.08. The van der Waals surface area contributed by atoms with Crippen LogP contribution in [0.15, 0.2) is 12.2 Å². The Morgan fingerprint density at radius 2 is 2.43 bits per heavy atom. The van der Waals surface area contributed by atoms with Gasteiger partial charge in [-0.15, -0.1) is 11.5 Å². The van der Waals surface area contributed by atoms with Crippen LogP contribution in [-0.4, -0.2) is 33.3 Å². The standard InChI is InChI=1S/C9H11N5/c1-2-6-14-11-9(10-12-14)13-7-4-3-5-8-13/h1,3-4H,5-8H2. The van der Waals surface area contributed by atoms with Crippen molar-refractivity contribution in [3.05, 3.63) is 12.2 Å². The first-order valence-electron chi connectivity index (χ1n) is 4.51. The molecular weight excluding hydrogens is 178 g/mol. The molecule has 1 aliphatic heterocycles. The van der Waals surface area contributed by atoms with Crippen LogP contribution < -0.4 is 4.90 Å². The normalized spacial score (nSPS) is 15.5. The van der Waals surface area contributed by atoms with E-state index in [1.54, 1.807) is 0 Å². The largest absolute Gasteiger partial charge is 0.334 e. The van der Waals surface area contributed by atoms with Crippen LogP contribution in [0.5, 0.6) is 0 Å². The van der Waals surface area contributed by atoms with E-state index in [0.717, 1.165) is 19.5 Å². The van der Waals surface area contributed by atoms with Crippen LogP contribution in [0.3, 0.4) is 0 Å². The van der Waals surface area contributed by atoms with Crippen molar-refractivity contribution < 1.29 is 0 Å². The van der Waals surface area contributed by atoms with E-state index < -0.39 is 0 Å². The summed E-state index contributed by atoms with van der Waals surface area (Å²) in [6.07, 6.45) is 10.4. The molecule has 72 valence electrons. The van der Waals surface area contributed by atoms with E-state index in [0.29, 0.717) is 12.5 Å². The van der Waals surface area contributed by atoms with E-state index >= 15 is 0 Å². The summed E-state index contributed by atoms with van der Waals surface area (Å²) in [6.45, 7) is 2.16. The van der Waals surface area contributed by atoms with Gasteiger partial charge in [0, 0.05) is 13.1 Å². The second-order valence-electron chi connectivity index (χ2n) is 3.03. The molecule has 5 nitrogen and oxygen atoms in total. The number of aromatic nitrogens is 4. The zero-order valence-electron chi connectivity index (χ0n) is 7.80. The van der Waals surface area contributed by atoms with Gasteiger partial charge >= 0.3 is 0 Å². The molecule has 0 unspecified atom stereocenters. The number of anilines is 1. The number of hydrogen-bond donors (Lipinski definition) is 0. The summed E-state index contributed by atoms with van der Waals surface area (Å²) in [5, 5.41) is 12.0. The molecule has 14 heavy (non-hydrogen) atoms. The van der Waals surface area contributed by atoms with Gasteiger partial charge in [0.2, 0.25) is 0 Å². The number of terminal acetylenes is 1. The zero-order valence-corrected chi connectivity index (χ0v) is 7.80. The smallest absolute Gasteiger partial charge is 0.266 e. The summed E-state index contributed by atoms with van der Waals surface area (Å²) in [5.74, 6) is 3.12. The summed E-state index contributed by atoms with van der Waals surface area (Å²) >= 11 is 0. The average Bonchev–Trinajstić information content (AvgIpc) is 2.68. The van der Waals surface area contributed by atoms with Gasteiger partial charge in [-0.2, -0.15) is 4.80 Å². The Balaban J connectivity index is 2.09. The van der Waals surface area contributed by atoms with E-state index in [1.807, 2.05) is 0 Å². The summed E-state index contributed by atoms with van der Waals surface area (Å²) in [4.78, 5) is 3.49. The Morgan fingerprint density at radius 1 is 1.50 bits per heavy atom. The third-order valence-electron chi connectivity index (χ3n) is 2.02. The average molecular weight is 189 g/mol. The summed E-state index contributed by atoms with van der Waals surface area (Å²) in [6, 6.07) is 0. The summed E-state index contributed by atoms with van der Waals surface area (Å²) in [5.41, 5.74) is 0. The highest BCUT2D eigenvalue weighted by molar-refractivity contribution is 5.29. The van der Waals surface area contributed by atoms with Crippen molar-refractivity contribution >= 4 is 5.95 Å². The maximum Gasteiger partial charge on any atom is 0.266 e. The van der Waals surface area contributed by atoms with Crippen molar-refractivity contribution in [2.75, 3.05) is 18.0 Å². The van der Waals surface area contributed by atoms with E-state index in [4.69, 9.17) is 6.42 Å². The monoisotopic (exact) mass is 189 g/mol. The van der Waals surface area contributed by atoms with Gasteiger partial charge in [-0.1, -0.05) is 23.2 Å². The van der Waals surface area contributed by atoms with Gasteiger partial charge < -0.3 is 4.90 Å². The molecule has 1 aromatic rings. The Hall–Kier alpha value is -1.83. The molecule has 2 rings (SSSR count). The molecule has 1 aromatic heterocycles. The predicted octanol–water partition coefficient (Wildman–Crippen LogP) is 0.0726. The van der Waals surface area contributed by atoms with Crippen LogP contribution in [0, 0.1) is 12.3 Å². The first-order valence-corrected chi connectivity index (χ1v) is 4.51. The lowest BCUT2D eigenvalue weighted by atomic mass is 10.3. The Morgan fingerprint density at radius 3 is 3.14 bits per heavy atom. The van der Waals surface area contributed by atoms with E-state index in [-0.39, 0.29) is 0 Å². The quantitative estimate of drug-likeness (QED) is 0.488. The third-order valence-corrected chi connectivity index (χ3v) is 2.02. The van der Waals surface area contributed by atoms with Crippen LogP contribution in [0.1, 0.15) is 6.42 Å². The Bertz CT molecular complexity index is 373. The van der Waals surface area contributed by atoms with Gasteiger partial charge in [0.15, 0.2) is 0 Å². The predicted molar refractivity (Wildman–Crippen MR) is 52.6 cm³/mol. The summed E-state index contributed by atoms with van der Waals surface area (Å²) < 4.78 is 0. The van der Waals surface area contributed by atoms with Crippen molar-refractivity contribution in [1.82, 2.24) is 20.2 Å². The fourth-order valence-corrected chi connectivity index (χ4v) is 1.33. The van der Waals surface area contributed by atoms with Gasteiger partial charge in [-0.25, -0.2) is 0 Å². The highest BCUT2D eigenvalue weighted by atomic mass is 15.6. The minimum atomic E-state index is 0.372. The molecule has 0 fully saturated rings. The lowest BCUT2D eigenvalue weighted by Gasteiger charge is -2.20. The number of nitrogens with zero attached hydrogens (tertiary/aromatic N) is 5. The lowest BCUT2D eigenvalue weighted by molar-refractivity contribution is 0.591. The van der Waals surface area contributed by atoms with Crippen LogP contribution in [0.2, 0.25) is 0 Å². The van der Waals surface area contributed by atoms with Crippen molar-refractivity contribution in [3.63, 3.8) is 0 Å². The first-order chi connectivity index (χ1) is 6.90. The van der Waals surface area contributed by atoms with E-state index in [9.17, 15) is 0 Å². The van der Waals surface area contributed by atoms with Crippen LogP contribution >= 0.6 is 0 Å². The molecule has 0 saturated heterocycles. The maximum atomic E-state index is 5.14. The van der Waals surface area contributed by atoms with Gasteiger partial charge in [0.25, 0.3) is 5.95 Å². The minimum absolute atomic E-state index is 0.372. The molecule has 0 aromatic carbocycles. The van der Waals surface area contributed by atoms with Crippen molar-refractivity contribution in [1.29, 1.82) is 0 Å². The molecule has 1 aliphatic rings. The molecule has 0 amide bonds. The lowest BCUT2D eigenvalue weighted by Crippen LogP contribution is -2.27. The van der Waals surface area contributed by atoms with Crippen molar-refractivity contribution in [3.8, 4) is 12.3 Å². The number of hydrogen-bond acceptors (Lipinski definition) is 4. The van der Waals surface area contributed by atoms with E-state index in [1.165, 1.54) is 4.80 Å². The maximum absolute atomic E-state index is 5.14. The third kappa shape index (κ3) is 1.74. The second kappa shape index (κ2) is 3.92. The van der Waals surface area contributed by atoms with Crippen LogP contribution in [0.4, 0.5) is 5.95 Å². The molecule has 2 heterocycles. The number of tetrazole rings is 1. The van der Waals surface area contributed by atoms with Gasteiger partial charge in [-0.05, 0) is 11.6 Å². The molecular formula is C9H11N5. The van der Waals surface area contributed by atoms with Gasteiger partial charge in [-0.3, -0.25) is 0 Å². The van der Waals surface area contributed by atoms with Crippen molar-refractivity contribution in [2.45, 2.75) is 13.0 Å². The SMILES string of the molecule is C#CCn1nnc(N2CC=CCC2)n1. The zero-order chi connectivity index (χ0) is 9.80. The molecule has 0 atom stereocenters. The topological polar surface area (TPSA) is 46.8 Å². The van der Waals surface area contributed by atoms with Crippen LogP contribution in [0.25, 0.3) is 0 Å². The molecule has 0 radical (unpaired) electrons. The van der Waals surface area contributed by atoms with Crippen LogP contribution in [-0.2, 0) is 6.54 Å². The van der Waals surface area contributed by atoms with E-state index in [2.05, 4.69) is 38.4 Å². The molecule has 0 aliphatic carbocycles. The fraction of sp³-hybridized carbons (Fsp3) is 0.444. The number of rotatable bonds is 2. The van der Waals surface area contributed by atoms with Crippen molar-refractivity contribution in [2.24, 2.45) is 0 Å². The molecule has 0 saturated carbocycles. The Labute approximate surface area is 82.4 Å². The highest BCUT2D eigenvalue weighted by Gasteiger charge is 2.12. The molecule has 0 bridgehead atoms.